The normalized spacial score (nSPS) is 19.6. The number of hydrogen-bond donors (Lipinski definition) is 1. The minimum Gasteiger partial charge on any atom is -0.374 e. The molecular weight excluding hydrogens is 404 g/mol. The number of halogens is 5. The smallest absolute Gasteiger partial charge is 0.374 e. The van der Waals surface area contributed by atoms with Crippen LogP contribution in [0.1, 0.15) is 33.5 Å². The lowest BCUT2D eigenvalue weighted by Gasteiger charge is -2.29. The molecule has 0 saturated heterocycles. The second-order valence-electron chi connectivity index (χ2n) is 6.18. The van der Waals surface area contributed by atoms with Crippen molar-refractivity contribution in [2.24, 2.45) is 10.9 Å². The van der Waals surface area contributed by atoms with E-state index in [0.717, 1.165) is 12.1 Å². The Labute approximate surface area is 162 Å². The van der Waals surface area contributed by atoms with Crippen LogP contribution in [0.25, 0.3) is 0 Å². The zero-order chi connectivity index (χ0) is 20.0. The summed E-state index contributed by atoms with van der Waals surface area (Å²) < 4.78 is 41.9. The number of nitrogens with two attached hydrogens (primary N) is 1. The van der Waals surface area contributed by atoms with Gasteiger partial charge in [-0.25, -0.2) is 0 Å². The summed E-state index contributed by atoms with van der Waals surface area (Å²) in [4.78, 5) is 16.3. The van der Waals surface area contributed by atoms with Crippen LogP contribution < -0.4 is 5.73 Å². The minimum absolute atomic E-state index is 0.0554. The molecule has 2 N–H and O–H groups in total. The van der Waals surface area contributed by atoms with Gasteiger partial charge in [0.1, 0.15) is 0 Å². The van der Waals surface area contributed by atoms with E-state index < -0.39 is 24.1 Å². The third kappa shape index (κ3) is 3.49. The van der Waals surface area contributed by atoms with E-state index >= 15 is 0 Å². The highest BCUT2D eigenvalue weighted by molar-refractivity contribution is 6.34. The first-order valence-corrected chi connectivity index (χ1v) is 8.48. The molecule has 1 aliphatic rings. The van der Waals surface area contributed by atoms with E-state index in [-0.39, 0.29) is 26.9 Å². The number of primary amides is 1. The highest BCUT2D eigenvalue weighted by Gasteiger charge is 2.62. The lowest BCUT2D eigenvalue weighted by atomic mass is 9.86. The van der Waals surface area contributed by atoms with Gasteiger partial charge in [-0.15, -0.1) is 0 Å². The van der Waals surface area contributed by atoms with Crippen molar-refractivity contribution in [3.05, 3.63) is 68.7 Å². The molecule has 2 aromatic carbocycles. The summed E-state index contributed by atoms with van der Waals surface area (Å²) in [5.41, 5.74) is 3.61. The number of amides is 1. The van der Waals surface area contributed by atoms with Crippen LogP contribution in [0.15, 0.2) is 41.6 Å². The van der Waals surface area contributed by atoms with Crippen LogP contribution in [0.3, 0.4) is 0 Å². The summed E-state index contributed by atoms with van der Waals surface area (Å²) in [7, 11) is 0. The topological polar surface area (TPSA) is 64.7 Å². The molecule has 4 nitrogen and oxygen atoms in total. The summed E-state index contributed by atoms with van der Waals surface area (Å²) in [5, 5.41) is 3.78. The fourth-order valence-electron chi connectivity index (χ4n) is 2.97. The second kappa shape index (κ2) is 6.73. The summed E-state index contributed by atoms with van der Waals surface area (Å²) in [6.45, 7) is 1.63. The van der Waals surface area contributed by atoms with Gasteiger partial charge in [0.25, 0.3) is 5.60 Å². The van der Waals surface area contributed by atoms with Crippen LogP contribution in [0.5, 0.6) is 0 Å². The van der Waals surface area contributed by atoms with Gasteiger partial charge in [0.15, 0.2) is 0 Å². The van der Waals surface area contributed by atoms with Crippen molar-refractivity contribution in [3.8, 4) is 0 Å². The fraction of sp³-hybridized carbons (Fsp3) is 0.222. The van der Waals surface area contributed by atoms with Crippen molar-refractivity contribution in [1.82, 2.24) is 0 Å². The van der Waals surface area contributed by atoms with Crippen molar-refractivity contribution in [1.29, 1.82) is 0 Å². The Morgan fingerprint density at radius 2 is 1.81 bits per heavy atom. The Kier molecular flexibility index (Phi) is 4.86. The van der Waals surface area contributed by atoms with Crippen molar-refractivity contribution >= 4 is 34.8 Å². The molecule has 0 fully saturated rings. The van der Waals surface area contributed by atoms with Gasteiger partial charge in [-0.05, 0) is 48.4 Å². The van der Waals surface area contributed by atoms with Crippen molar-refractivity contribution in [2.75, 3.05) is 0 Å². The largest absolute Gasteiger partial charge is 0.435 e. The summed E-state index contributed by atoms with van der Waals surface area (Å²) in [5.74, 6) is -0.623. The highest BCUT2D eigenvalue weighted by Crippen LogP contribution is 2.49. The molecule has 0 saturated carbocycles. The Morgan fingerprint density at radius 1 is 1.19 bits per heavy atom. The number of carbonyl (C=O) groups excluding carboxylic acids is 1. The maximum atomic E-state index is 14.0. The number of alkyl halides is 3. The molecule has 142 valence electrons. The number of rotatable bonds is 3. The standard InChI is InChI=1S/C18H13Cl2F3N2O2/c1-9-4-10(2-3-14(9)16(24)26)15-8-17(27-25-15,18(21,22)23)11-5-12(19)7-13(20)6-11/h2-7H,8H2,1H3,(H2,24,26)/t17-/m1/s1. The lowest BCUT2D eigenvalue weighted by Crippen LogP contribution is -2.42. The van der Waals surface area contributed by atoms with Crippen molar-refractivity contribution in [2.45, 2.75) is 25.1 Å². The molecular formula is C18H13Cl2F3N2O2. The number of aryl methyl sites for hydroxylation is 1. The number of hydrogen-bond acceptors (Lipinski definition) is 3. The molecule has 9 heteroatoms. The lowest BCUT2D eigenvalue weighted by molar-refractivity contribution is -0.275. The third-order valence-corrected chi connectivity index (χ3v) is 4.78. The van der Waals surface area contributed by atoms with Crippen LogP contribution in [0.4, 0.5) is 13.2 Å². The highest BCUT2D eigenvalue weighted by atomic mass is 35.5. The monoisotopic (exact) mass is 416 g/mol. The van der Waals surface area contributed by atoms with E-state index in [9.17, 15) is 18.0 Å². The Hall–Kier alpha value is -2.25. The SMILES string of the molecule is Cc1cc(C2=NO[C@](c3cc(Cl)cc(Cl)c3)(C(F)(F)F)C2)ccc1C(N)=O. The molecule has 0 spiro atoms. The van der Waals surface area contributed by atoms with Gasteiger partial charge in [0.05, 0.1) is 5.71 Å². The Morgan fingerprint density at radius 3 is 2.33 bits per heavy atom. The van der Waals surface area contributed by atoms with Gasteiger partial charge in [0.2, 0.25) is 5.91 Å². The molecule has 0 radical (unpaired) electrons. The molecule has 27 heavy (non-hydrogen) atoms. The van der Waals surface area contributed by atoms with Gasteiger partial charge in [0, 0.05) is 27.6 Å². The number of carbonyl (C=O) groups is 1. The molecule has 1 heterocycles. The molecule has 0 unspecified atom stereocenters. The van der Waals surface area contributed by atoms with E-state index in [2.05, 4.69) is 5.16 Å². The molecule has 0 bridgehead atoms. The Bertz CT molecular complexity index is 940. The quantitative estimate of drug-likeness (QED) is 0.766. The first kappa shape index (κ1) is 19.5. The van der Waals surface area contributed by atoms with E-state index in [1.807, 2.05) is 0 Å². The Balaban J connectivity index is 2.02. The average molecular weight is 417 g/mol. The molecule has 0 aliphatic carbocycles. The van der Waals surface area contributed by atoms with Gasteiger partial charge >= 0.3 is 6.18 Å². The zero-order valence-corrected chi connectivity index (χ0v) is 15.4. The van der Waals surface area contributed by atoms with Gasteiger partial charge in [-0.2, -0.15) is 13.2 Å². The number of benzene rings is 2. The van der Waals surface area contributed by atoms with Crippen LogP contribution in [0, 0.1) is 6.92 Å². The first-order valence-electron chi connectivity index (χ1n) is 7.73. The maximum Gasteiger partial charge on any atom is 0.435 e. The van der Waals surface area contributed by atoms with Crippen LogP contribution in [-0.2, 0) is 10.4 Å². The first-order chi connectivity index (χ1) is 12.5. The fourth-order valence-corrected chi connectivity index (χ4v) is 3.49. The maximum absolute atomic E-state index is 14.0. The van der Waals surface area contributed by atoms with Gasteiger partial charge in [-0.3, -0.25) is 4.79 Å². The molecule has 1 aliphatic heterocycles. The van der Waals surface area contributed by atoms with Gasteiger partial charge < -0.3 is 10.6 Å². The minimum atomic E-state index is -4.77. The van der Waals surface area contributed by atoms with Gasteiger partial charge in [-0.1, -0.05) is 34.4 Å². The predicted octanol–water partition coefficient (Wildman–Crippen LogP) is 4.98. The molecule has 1 amide bonds. The predicted molar refractivity (Wildman–Crippen MR) is 96.1 cm³/mol. The van der Waals surface area contributed by atoms with Crippen LogP contribution in [-0.4, -0.2) is 17.8 Å². The molecule has 0 aromatic heterocycles. The summed E-state index contributed by atoms with van der Waals surface area (Å²) >= 11 is 11.7. The molecule has 3 rings (SSSR count). The van der Waals surface area contributed by atoms with E-state index in [1.165, 1.54) is 18.2 Å². The average Bonchev–Trinajstić information content (AvgIpc) is 3.00. The molecule has 1 atom stereocenters. The van der Waals surface area contributed by atoms with Crippen molar-refractivity contribution in [3.63, 3.8) is 0 Å². The molecule has 2 aromatic rings. The van der Waals surface area contributed by atoms with E-state index in [0.29, 0.717) is 11.1 Å². The second-order valence-corrected chi connectivity index (χ2v) is 7.06. The summed E-state index contributed by atoms with van der Waals surface area (Å²) in [6.07, 6.45) is -5.34. The zero-order valence-electron chi connectivity index (χ0n) is 13.9. The van der Waals surface area contributed by atoms with E-state index in [4.69, 9.17) is 33.8 Å². The third-order valence-electron chi connectivity index (χ3n) is 4.34. The van der Waals surface area contributed by atoms with Crippen molar-refractivity contribution < 1.29 is 22.8 Å². The summed E-state index contributed by atoms with van der Waals surface area (Å²) in [6, 6.07) is 8.10. The number of nitrogens with zero attached hydrogens (tertiary/aromatic N) is 1. The van der Waals surface area contributed by atoms with Crippen LogP contribution >= 0.6 is 23.2 Å². The number of oxime groups is 1. The van der Waals surface area contributed by atoms with Crippen LogP contribution in [0.2, 0.25) is 10.0 Å². The van der Waals surface area contributed by atoms with E-state index in [1.54, 1.807) is 13.0 Å².